The number of morpholine rings is 1. The minimum Gasteiger partial charge on any atom is -0.368 e. The molecule has 2 spiro atoms. The summed E-state index contributed by atoms with van der Waals surface area (Å²) in [6.07, 6.45) is 3.46. The normalized spacial score (nSPS) is 43.0. The molecule has 0 bridgehead atoms. The molecule has 168 valence electrons. The van der Waals surface area contributed by atoms with Crippen LogP contribution < -0.4 is 11.2 Å². The summed E-state index contributed by atoms with van der Waals surface area (Å²) in [5, 5.41) is 0. The lowest BCUT2D eigenvalue weighted by atomic mass is 10.2. The predicted octanol–water partition coefficient (Wildman–Crippen LogP) is 2.28. The van der Waals surface area contributed by atoms with Gasteiger partial charge in [-0.2, -0.15) is 0 Å². The van der Waals surface area contributed by atoms with Crippen molar-refractivity contribution < 1.29 is 27.7 Å². The monoisotopic (exact) mass is 451 g/mol. The van der Waals surface area contributed by atoms with Gasteiger partial charge in [-0.1, -0.05) is 6.92 Å². The number of ether oxygens (including phenoxy) is 2. The quantitative estimate of drug-likeness (QED) is 0.508. The van der Waals surface area contributed by atoms with Gasteiger partial charge >= 0.3 is 0 Å². The molecule has 9 nitrogen and oxygen atoms in total. The third kappa shape index (κ3) is 4.55. The number of hydrogen-bond acceptors (Lipinski definition) is 7. The third-order valence-corrected chi connectivity index (χ3v) is 9.22. The molecule has 3 saturated carbocycles. The third-order valence-electron chi connectivity index (χ3n) is 6.59. The van der Waals surface area contributed by atoms with E-state index >= 15 is 0 Å². The van der Waals surface area contributed by atoms with Crippen LogP contribution in [-0.4, -0.2) is 72.7 Å². The van der Waals surface area contributed by atoms with Crippen molar-refractivity contribution in [3.05, 3.63) is 0 Å². The van der Waals surface area contributed by atoms with Crippen LogP contribution in [0, 0.1) is 0 Å². The molecule has 1 saturated heterocycles. The molecule has 4 fully saturated rings. The molecule has 0 amide bonds. The first kappa shape index (κ1) is 22.4. The van der Waals surface area contributed by atoms with Crippen LogP contribution in [-0.2, 0) is 27.7 Å². The van der Waals surface area contributed by atoms with Gasteiger partial charge in [0.1, 0.15) is 11.2 Å². The molecule has 0 radical (unpaired) electrons. The smallest absolute Gasteiger partial charge is 0.269 e. The molecule has 0 aromatic heterocycles. The molecule has 0 aromatic carbocycles. The first-order chi connectivity index (χ1) is 13.4. The van der Waals surface area contributed by atoms with Crippen LogP contribution >= 0.6 is 15.0 Å². The standard InChI is InChI=1S/C18H35N3O6P2/c1-5-13(2)24-17(10-19)8-14(17)26-29(4,23)21-11-16(6-7-16)27-18(12-21)9-15(18)25-28(3,20)22/h13-15H,5-12,19H2,1-4H3,(H2,20,22)/t13-,14+,15+,17?,18?,28?,29?/m0/s1. The molecule has 11 heteroatoms. The Morgan fingerprint density at radius 3 is 2.41 bits per heavy atom. The summed E-state index contributed by atoms with van der Waals surface area (Å²) >= 11 is 0. The number of nitrogens with zero attached hydrogens (tertiary/aromatic N) is 1. The first-order valence-corrected chi connectivity index (χ1v) is 14.7. The fourth-order valence-electron chi connectivity index (χ4n) is 4.33. The number of hydrogen-bond donors (Lipinski definition) is 2. The Hall–Kier alpha value is 0.180. The van der Waals surface area contributed by atoms with Crippen molar-refractivity contribution in [3.8, 4) is 0 Å². The average molecular weight is 451 g/mol. The summed E-state index contributed by atoms with van der Waals surface area (Å²) in [4.78, 5) is 0. The van der Waals surface area contributed by atoms with E-state index in [2.05, 4.69) is 6.92 Å². The van der Waals surface area contributed by atoms with Crippen LogP contribution in [0.2, 0.25) is 0 Å². The highest BCUT2D eigenvalue weighted by Gasteiger charge is 2.69. The van der Waals surface area contributed by atoms with Crippen LogP contribution in [0.4, 0.5) is 0 Å². The number of rotatable bonds is 9. The van der Waals surface area contributed by atoms with Crippen molar-refractivity contribution in [2.45, 2.75) is 81.1 Å². The van der Waals surface area contributed by atoms with Crippen LogP contribution in [0.1, 0.15) is 46.0 Å². The van der Waals surface area contributed by atoms with Crippen molar-refractivity contribution >= 4 is 15.0 Å². The predicted molar refractivity (Wildman–Crippen MR) is 110 cm³/mol. The molecule has 7 atom stereocenters. The van der Waals surface area contributed by atoms with Gasteiger partial charge in [-0.3, -0.25) is 14.6 Å². The number of nitrogens with two attached hydrogens (primary N) is 2. The van der Waals surface area contributed by atoms with Gasteiger partial charge in [0.05, 0.1) is 23.9 Å². The highest BCUT2D eigenvalue weighted by molar-refractivity contribution is 7.55. The molecule has 4 N–H and O–H groups in total. The van der Waals surface area contributed by atoms with E-state index in [-0.39, 0.29) is 23.9 Å². The molecule has 4 unspecified atom stereocenters. The first-order valence-electron chi connectivity index (χ1n) is 10.5. The Kier molecular flexibility index (Phi) is 5.47. The van der Waals surface area contributed by atoms with Crippen molar-refractivity contribution in [3.63, 3.8) is 0 Å². The van der Waals surface area contributed by atoms with E-state index in [9.17, 15) is 9.13 Å². The Morgan fingerprint density at radius 1 is 1.17 bits per heavy atom. The maximum atomic E-state index is 13.6. The molecule has 4 rings (SSSR count). The van der Waals surface area contributed by atoms with Crippen LogP contribution in [0.25, 0.3) is 0 Å². The minimum atomic E-state index is -3.11. The van der Waals surface area contributed by atoms with Gasteiger partial charge in [-0.15, -0.1) is 0 Å². The van der Waals surface area contributed by atoms with Gasteiger partial charge in [0.2, 0.25) is 0 Å². The van der Waals surface area contributed by atoms with Gasteiger partial charge in [0, 0.05) is 45.8 Å². The molecule has 29 heavy (non-hydrogen) atoms. The summed E-state index contributed by atoms with van der Waals surface area (Å²) in [6, 6.07) is 0. The lowest BCUT2D eigenvalue weighted by Gasteiger charge is -2.41. The summed E-state index contributed by atoms with van der Waals surface area (Å²) in [5.74, 6) is 0. The van der Waals surface area contributed by atoms with Crippen LogP contribution in [0.5, 0.6) is 0 Å². The fraction of sp³-hybridized carbons (Fsp3) is 1.00. The minimum absolute atomic E-state index is 0.0788. The molecule has 1 aliphatic heterocycles. The molecular weight excluding hydrogens is 416 g/mol. The lowest BCUT2D eigenvalue weighted by molar-refractivity contribution is -0.114. The van der Waals surface area contributed by atoms with Gasteiger partial charge in [-0.25, -0.2) is 4.67 Å². The van der Waals surface area contributed by atoms with Crippen LogP contribution in [0.3, 0.4) is 0 Å². The van der Waals surface area contributed by atoms with E-state index in [0.717, 1.165) is 19.3 Å². The fourth-order valence-corrected chi connectivity index (χ4v) is 6.98. The second-order valence-corrected chi connectivity index (χ2v) is 14.0. The Balaban J connectivity index is 1.43. The molecule has 1 heterocycles. The Morgan fingerprint density at radius 2 is 1.86 bits per heavy atom. The summed E-state index contributed by atoms with van der Waals surface area (Å²) in [7, 11) is -6.22. The molecule has 0 aromatic rings. The SMILES string of the molecule is CC[C@H](C)OC1(CN)C[C@H]1OP(C)(=O)N1CC2(CC2)OC2(C[C@H]2OP(C)(N)=O)C1. The average Bonchev–Trinajstić information content (AvgIpc) is 3.55. The maximum absolute atomic E-state index is 13.6. The van der Waals surface area contributed by atoms with Crippen molar-refractivity contribution in [2.75, 3.05) is 33.0 Å². The Labute approximate surface area is 173 Å². The zero-order valence-electron chi connectivity index (χ0n) is 17.8. The van der Waals surface area contributed by atoms with E-state index < -0.39 is 26.2 Å². The van der Waals surface area contributed by atoms with Gasteiger partial charge in [0.15, 0.2) is 0 Å². The maximum Gasteiger partial charge on any atom is 0.269 e. The largest absolute Gasteiger partial charge is 0.368 e. The van der Waals surface area contributed by atoms with Crippen molar-refractivity contribution in [1.82, 2.24) is 4.67 Å². The van der Waals surface area contributed by atoms with E-state index in [1.54, 1.807) is 6.66 Å². The zero-order chi connectivity index (χ0) is 21.3. The zero-order valence-corrected chi connectivity index (χ0v) is 19.6. The Bertz CT molecular complexity index is 758. The summed E-state index contributed by atoms with van der Waals surface area (Å²) in [6.45, 7) is 8.46. The second kappa shape index (κ2) is 7.09. The molecular formula is C18H35N3O6P2. The van der Waals surface area contributed by atoms with Crippen molar-refractivity contribution in [1.29, 1.82) is 0 Å². The van der Waals surface area contributed by atoms with E-state index in [0.29, 0.717) is 32.5 Å². The van der Waals surface area contributed by atoms with E-state index in [1.807, 2.05) is 11.6 Å². The highest BCUT2D eigenvalue weighted by Crippen LogP contribution is 2.64. The van der Waals surface area contributed by atoms with Gasteiger partial charge in [0.25, 0.3) is 15.0 Å². The van der Waals surface area contributed by atoms with Crippen molar-refractivity contribution in [2.24, 2.45) is 11.2 Å². The summed E-state index contributed by atoms with van der Waals surface area (Å²) in [5.41, 5.74) is 10.1. The van der Waals surface area contributed by atoms with Gasteiger partial charge < -0.3 is 24.3 Å². The highest BCUT2D eigenvalue weighted by atomic mass is 31.2. The van der Waals surface area contributed by atoms with E-state index in [1.165, 1.54) is 6.66 Å². The second-order valence-electron chi connectivity index (χ2n) is 9.59. The van der Waals surface area contributed by atoms with Gasteiger partial charge in [-0.05, 0) is 26.2 Å². The van der Waals surface area contributed by atoms with Crippen LogP contribution in [0.15, 0.2) is 0 Å². The molecule has 4 aliphatic rings. The molecule has 3 aliphatic carbocycles. The van der Waals surface area contributed by atoms with E-state index in [4.69, 9.17) is 29.8 Å². The summed E-state index contributed by atoms with van der Waals surface area (Å²) < 4.78 is 51.5. The topological polar surface area (TPSA) is 126 Å². The lowest BCUT2D eigenvalue weighted by Crippen LogP contribution is -2.50.